The maximum absolute atomic E-state index is 13.1. The molecule has 1 N–H and O–H groups in total. The van der Waals surface area contributed by atoms with Crippen LogP contribution in [0.4, 0.5) is 4.39 Å². The minimum atomic E-state index is -0.128. The Labute approximate surface area is 90.7 Å². The van der Waals surface area contributed by atoms with Gasteiger partial charge >= 0.3 is 0 Å². The van der Waals surface area contributed by atoms with Crippen molar-refractivity contribution in [2.75, 3.05) is 6.54 Å². The van der Waals surface area contributed by atoms with E-state index in [0.717, 1.165) is 18.5 Å². The summed E-state index contributed by atoms with van der Waals surface area (Å²) in [6, 6.07) is 5.06. The van der Waals surface area contributed by atoms with Gasteiger partial charge in [-0.3, -0.25) is 0 Å². The van der Waals surface area contributed by atoms with Crippen molar-refractivity contribution in [1.82, 2.24) is 5.32 Å². The molecule has 1 saturated heterocycles. The maximum atomic E-state index is 13.1. The molecule has 2 rings (SSSR count). The van der Waals surface area contributed by atoms with Gasteiger partial charge in [0.1, 0.15) is 5.82 Å². The summed E-state index contributed by atoms with van der Waals surface area (Å²) >= 11 is 0. The van der Waals surface area contributed by atoms with E-state index in [2.05, 4.69) is 12.2 Å². The maximum Gasteiger partial charge on any atom is 0.123 e. The largest absolute Gasteiger partial charge is 0.311 e. The van der Waals surface area contributed by atoms with Crippen LogP contribution in [0.25, 0.3) is 0 Å². The number of nitrogens with one attached hydrogen (secondary N) is 1. The molecule has 0 aromatic heterocycles. The minimum Gasteiger partial charge on any atom is -0.311 e. The highest BCUT2D eigenvalue weighted by molar-refractivity contribution is 5.28. The molecule has 1 aliphatic heterocycles. The highest BCUT2D eigenvalue weighted by Crippen LogP contribution is 2.25. The van der Waals surface area contributed by atoms with Crippen LogP contribution in [0.5, 0.6) is 0 Å². The van der Waals surface area contributed by atoms with E-state index >= 15 is 0 Å². The van der Waals surface area contributed by atoms with Crippen LogP contribution in [-0.2, 0) is 6.42 Å². The standard InChI is InChI=1S/C13H18FN/c1-10-4-5-12(14)8-11(10)9-13(2)6-3-7-15-13/h4-5,8,15H,3,6-7,9H2,1-2H3. The average Bonchev–Trinajstić information content (AvgIpc) is 2.59. The highest BCUT2D eigenvalue weighted by atomic mass is 19.1. The summed E-state index contributed by atoms with van der Waals surface area (Å²) in [5.74, 6) is -0.128. The van der Waals surface area contributed by atoms with Gasteiger partial charge < -0.3 is 5.32 Å². The molecule has 15 heavy (non-hydrogen) atoms. The Morgan fingerprint density at radius 3 is 2.93 bits per heavy atom. The van der Waals surface area contributed by atoms with Crippen LogP contribution < -0.4 is 5.32 Å². The molecule has 1 heterocycles. The smallest absolute Gasteiger partial charge is 0.123 e. The van der Waals surface area contributed by atoms with E-state index in [0.29, 0.717) is 0 Å². The molecule has 2 heteroatoms. The number of hydrogen-bond acceptors (Lipinski definition) is 1. The van der Waals surface area contributed by atoms with Crippen LogP contribution in [-0.4, -0.2) is 12.1 Å². The van der Waals surface area contributed by atoms with Gasteiger partial charge in [-0.1, -0.05) is 6.07 Å². The fourth-order valence-corrected chi connectivity index (χ4v) is 2.36. The van der Waals surface area contributed by atoms with Crippen molar-refractivity contribution in [2.45, 2.75) is 38.6 Å². The van der Waals surface area contributed by atoms with Gasteiger partial charge in [-0.25, -0.2) is 4.39 Å². The zero-order chi connectivity index (χ0) is 10.9. The monoisotopic (exact) mass is 207 g/mol. The molecular weight excluding hydrogens is 189 g/mol. The van der Waals surface area contributed by atoms with Crippen LogP contribution in [0.1, 0.15) is 30.9 Å². The zero-order valence-electron chi connectivity index (χ0n) is 9.44. The van der Waals surface area contributed by atoms with E-state index in [1.54, 1.807) is 6.07 Å². The second-order valence-electron chi connectivity index (χ2n) is 4.84. The fourth-order valence-electron chi connectivity index (χ4n) is 2.36. The third-order valence-electron chi connectivity index (χ3n) is 3.35. The second-order valence-corrected chi connectivity index (χ2v) is 4.84. The minimum absolute atomic E-state index is 0.128. The molecule has 1 fully saturated rings. The Kier molecular flexibility index (Phi) is 2.79. The SMILES string of the molecule is Cc1ccc(F)cc1CC1(C)CCCN1. The van der Waals surface area contributed by atoms with Crippen LogP contribution in [0.15, 0.2) is 18.2 Å². The zero-order valence-corrected chi connectivity index (χ0v) is 9.44. The summed E-state index contributed by atoms with van der Waals surface area (Å²) in [5, 5.41) is 3.51. The lowest BCUT2D eigenvalue weighted by atomic mass is 9.89. The second kappa shape index (κ2) is 3.93. The summed E-state index contributed by atoms with van der Waals surface area (Å²) in [5.41, 5.74) is 2.48. The Bertz CT molecular complexity index is 354. The first kappa shape index (κ1) is 10.6. The molecular formula is C13H18FN. The van der Waals surface area contributed by atoms with Gasteiger partial charge in [0.05, 0.1) is 0 Å². The lowest BCUT2D eigenvalue weighted by Crippen LogP contribution is -2.38. The molecule has 1 unspecified atom stereocenters. The molecule has 1 aromatic carbocycles. The van der Waals surface area contributed by atoms with Crippen molar-refractivity contribution in [2.24, 2.45) is 0 Å². The number of aryl methyl sites for hydroxylation is 1. The quantitative estimate of drug-likeness (QED) is 0.786. The van der Waals surface area contributed by atoms with Gasteiger partial charge in [0, 0.05) is 5.54 Å². The Hall–Kier alpha value is -0.890. The summed E-state index contributed by atoms with van der Waals surface area (Å²) in [6.45, 7) is 5.36. The van der Waals surface area contributed by atoms with Crippen LogP contribution in [0.3, 0.4) is 0 Å². The van der Waals surface area contributed by atoms with E-state index in [4.69, 9.17) is 0 Å². The van der Waals surface area contributed by atoms with Gasteiger partial charge in [0.15, 0.2) is 0 Å². The predicted octanol–water partition coefficient (Wildman–Crippen LogP) is 2.82. The van der Waals surface area contributed by atoms with E-state index < -0.39 is 0 Å². The van der Waals surface area contributed by atoms with Crippen molar-refractivity contribution in [1.29, 1.82) is 0 Å². The first-order valence-corrected chi connectivity index (χ1v) is 5.59. The summed E-state index contributed by atoms with van der Waals surface area (Å²) in [6.07, 6.45) is 3.34. The van der Waals surface area contributed by atoms with Gasteiger partial charge in [-0.05, 0) is 62.9 Å². The van der Waals surface area contributed by atoms with Crippen molar-refractivity contribution >= 4 is 0 Å². The molecule has 1 atom stereocenters. The Morgan fingerprint density at radius 1 is 1.47 bits per heavy atom. The van der Waals surface area contributed by atoms with Crippen LogP contribution in [0, 0.1) is 12.7 Å². The molecule has 0 bridgehead atoms. The Morgan fingerprint density at radius 2 is 2.27 bits per heavy atom. The average molecular weight is 207 g/mol. The lowest BCUT2D eigenvalue weighted by Gasteiger charge is -2.25. The van der Waals surface area contributed by atoms with E-state index in [9.17, 15) is 4.39 Å². The molecule has 0 spiro atoms. The number of hydrogen-bond donors (Lipinski definition) is 1. The highest BCUT2D eigenvalue weighted by Gasteiger charge is 2.28. The summed E-state index contributed by atoms with van der Waals surface area (Å²) in [4.78, 5) is 0. The van der Waals surface area contributed by atoms with E-state index in [1.807, 2.05) is 13.0 Å². The fraction of sp³-hybridized carbons (Fsp3) is 0.538. The van der Waals surface area contributed by atoms with E-state index in [1.165, 1.54) is 24.5 Å². The molecule has 1 aliphatic rings. The molecule has 1 aromatic rings. The lowest BCUT2D eigenvalue weighted by molar-refractivity contribution is 0.411. The van der Waals surface area contributed by atoms with Crippen molar-refractivity contribution < 1.29 is 4.39 Å². The summed E-state index contributed by atoms with van der Waals surface area (Å²) in [7, 11) is 0. The number of halogens is 1. The summed E-state index contributed by atoms with van der Waals surface area (Å²) < 4.78 is 13.1. The molecule has 0 radical (unpaired) electrons. The molecule has 1 nitrogen and oxygen atoms in total. The molecule has 0 saturated carbocycles. The third-order valence-corrected chi connectivity index (χ3v) is 3.35. The predicted molar refractivity (Wildman–Crippen MR) is 60.5 cm³/mol. The van der Waals surface area contributed by atoms with Gasteiger partial charge in [0.25, 0.3) is 0 Å². The van der Waals surface area contributed by atoms with Gasteiger partial charge in [0.2, 0.25) is 0 Å². The first-order chi connectivity index (χ1) is 7.09. The molecule has 0 amide bonds. The van der Waals surface area contributed by atoms with Gasteiger partial charge in [-0.2, -0.15) is 0 Å². The van der Waals surface area contributed by atoms with Crippen LogP contribution in [0.2, 0.25) is 0 Å². The van der Waals surface area contributed by atoms with Gasteiger partial charge in [-0.15, -0.1) is 0 Å². The number of rotatable bonds is 2. The topological polar surface area (TPSA) is 12.0 Å². The van der Waals surface area contributed by atoms with Crippen LogP contribution >= 0.6 is 0 Å². The molecule has 0 aliphatic carbocycles. The number of benzene rings is 1. The molecule has 82 valence electrons. The third kappa shape index (κ3) is 2.37. The Balaban J connectivity index is 2.19. The normalized spacial score (nSPS) is 25.8. The van der Waals surface area contributed by atoms with Crippen molar-refractivity contribution in [3.05, 3.63) is 35.1 Å². The van der Waals surface area contributed by atoms with E-state index in [-0.39, 0.29) is 11.4 Å². The van der Waals surface area contributed by atoms with Crippen molar-refractivity contribution in [3.63, 3.8) is 0 Å². The van der Waals surface area contributed by atoms with Crippen molar-refractivity contribution in [3.8, 4) is 0 Å². The first-order valence-electron chi connectivity index (χ1n) is 5.59.